The topological polar surface area (TPSA) is 72.4 Å². The molecule has 3 aromatic rings. The van der Waals surface area contributed by atoms with E-state index >= 15 is 0 Å². The van der Waals surface area contributed by atoms with Crippen molar-refractivity contribution in [3.63, 3.8) is 0 Å². The van der Waals surface area contributed by atoms with Crippen LogP contribution in [0.15, 0.2) is 0 Å². The smallest absolute Gasteiger partial charge is 0.276 e. The maximum Gasteiger partial charge on any atom is 0.276 e. The summed E-state index contributed by atoms with van der Waals surface area (Å²) in [6.07, 6.45) is 2.34. The van der Waals surface area contributed by atoms with Crippen molar-refractivity contribution >= 4 is 33.1 Å². The number of hydrogen-bond donors (Lipinski definition) is 2. The van der Waals surface area contributed by atoms with Crippen LogP contribution in [-0.4, -0.2) is 44.7 Å². The maximum atomic E-state index is 4.69. The summed E-state index contributed by atoms with van der Waals surface area (Å²) in [4.78, 5) is 8.96. The van der Waals surface area contributed by atoms with Gasteiger partial charge in [-0.25, -0.2) is 0 Å². The molecular formula is C16H24N7S+. The van der Waals surface area contributed by atoms with Crippen LogP contribution in [-0.2, 0) is 13.0 Å². The van der Waals surface area contributed by atoms with Gasteiger partial charge in [0.05, 0.1) is 23.4 Å². The molecule has 7 nitrogen and oxygen atoms in total. The van der Waals surface area contributed by atoms with Crippen molar-refractivity contribution in [2.45, 2.75) is 40.2 Å². The summed E-state index contributed by atoms with van der Waals surface area (Å²) >= 11 is 1.83. The van der Waals surface area contributed by atoms with Crippen LogP contribution >= 0.6 is 11.3 Å². The van der Waals surface area contributed by atoms with Gasteiger partial charge in [0.1, 0.15) is 17.2 Å². The minimum Gasteiger partial charge on any atom is -0.369 e. The van der Waals surface area contributed by atoms with Gasteiger partial charge in [-0.1, -0.05) is 25.9 Å². The molecule has 0 fully saturated rings. The second-order valence-corrected chi connectivity index (χ2v) is 8.07. The number of fused-ring (bicyclic) bond motifs is 5. The minimum atomic E-state index is 0.563. The standard InChI is InChI=1S/C16H23N7S/c1-4-6-22-7-5-11-12(9-22)24-15-13(11)14(17-8-10(2)3)18-16-19-20-21-23(15)16/h10H,4-9H2,1-3H3,(H,17,18,19,21)/p+1. The van der Waals surface area contributed by atoms with E-state index in [0.717, 1.165) is 30.2 Å². The summed E-state index contributed by atoms with van der Waals surface area (Å²) in [6, 6.07) is 0. The zero-order chi connectivity index (χ0) is 16.7. The summed E-state index contributed by atoms with van der Waals surface area (Å²) in [5.74, 6) is 2.08. The van der Waals surface area contributed by atoms with Gasteiger partial charge in [0, 0.05) is 13.0 Å². The van der Waals surface area contributed by atoms with Gasteiger partial charge in [0.25, 0.3) is 5.78 Å². The largest absolute Gasteiger partial charge is 0.369 e. The zero-order valence-corrected chi connectivity index (χ0v) is 15.3. The first-order chi connectivity index (χ1) is 11.7. The Kier molecular flexibility index (Phi) is 4.09. The number of nitrogens with zero attached hydrogens (tertiary/aromatic N) is 5. The quantitative estimate of drug-likeness (QED) is 0.725. The van der Waals surface area contributed by atoms with Gasteiger partial charge in [-0.15, -0.1) is 11.3 Å². The summed E-state index contributed by atoms with van der Waals surface area (Å²) < 4.78 is 1.79. The third-order valence-corrected chi connectivity index (χ3v) is 5.79. The van der Waals surface area contributed by atoms with E-state index in [9.17, 15) is 0 Å². The highest BCUT2D eigenvalue weighted by Crippen LogP contribution is 2.36. The van der Waals surface area contributed by atoms with E-state index in [4.69, 9.17) is 0 Å². The molecule has 1 aliphatic heterocycles. The van der Waals surface area contributed by atoms with Crippen LogP contribution < -0.4 is 10.2 Å². The molecule has 4 rings (SSSR count). The molecule has 2 N–H and O–H groups in total. The highest BCUT2D eigenvalue weighted by molar-refractivity contribution is 7.19. The Bertz CT molecular complexity index is 866. The van der Waals surface area contributed by atoms with Gasteiger partial charge in [-0.3, -0.25) is 0 Å². The fourth-order valence-electron chi connectivity index (χ4n) is 3.45. The molecule has 0 aliphatic carbocycles. The number of anilines is 1. The molecule has 0 saturated heterocycles. The average molecular weight is 346 g/mol. The lowest BCUT2D eigenvalue weighted by Crippen LogP contribution is -3.11. The normalized spacial score (nSPS) is 17.8. The number of tetrazole rings is 1. The molecule has 1 unspecified atom stereocenters. The summed E-state index contributed by atoms with van der Waals surface area (Å²) in [6.45, 7) is 11.1. The van der Waals surface area contributed by atoms with E-state index in [2.05, 4.69) is 46.6 Å². The highest BCUT2D eigenvalue weighted by Gasteiger charge is 2.27. The van der Waals surface area contributed by atoms with Gasteiger partial charge in [-0.2, -0.15) is 9.50 Å². The van der Waals surface area contributed by atoms with E-state index in [1.807, 2.05) is 11.3 Å². The van der Waals surface area contributed by atoms with Crippen LogP contribution in [0.25, 0.3) is 16.0 Å². The van der Waals surface area contributed by atoms with Gasteiger partial charge < -0.3 is 10.2 Å². The molecule has 8 heteroatoms. The molecule has 1 atom stereocenters. The molecule has 1 aliphatic rings. The third kappa shape index (κ3) is 2.63. The molecule has 0 amide bonds. The van der Waals surface area contributed by atoms with Crippen LogP contribution in [0, 0.1) is 5.92 Å². The van der Waals surface area contributed by atoms with Gasteiger partial charge in [-0.05, 0) is 28.3 Å². The van der Waals surface area contributed by atoms with E-state index in [1.165, 1.54) is 35.3 Å². The molecule has 0 aromatic carbocycles. The lowest BCUT2D eigenvalue weighted by atomic mass is 10.0. The number of nitrogens with one attached hydrogen (secondary N) is 2. The molecule has 0 bridgehead atoms. The van der Waals surface area contributed by atoms with Crippen LogP contribution in [0.5, 0.6) is 0 Å². The molecule has 0 saturated carbocycles. The Morgan fingerprint density at radius 1 is 1.38 bits per heavy atom. The number of rotatable bonds is 5. The Morgan fingerprint density at radius 2 is 2.25 bits per heavy atom. The number of thiophene rings is 1. The van der Waals surface area contributed by atoms with Crippen LogP contribution in [0.4, 0.5) is 5.82 Å². The summed E-state index contributed by atoms with van der Waals surface area (Å²) in [5, 5.41) is 16.8. The van der Waals surface area contributed by atoms with E-state index in [-0.39, 0.29) is 0 Å². The molecule has 128 valence electrons. The molecule has 24 heavy (non-hydrogen) atoms. The molecular weight excluding hydrogens is 322 g/mol. The molecule has 3 aromatic heterocycles. The predicted octanol–water partition coefficient (Wildman–Crippen LogP) is 1.15. The molecule has 0 spiro atoms. The van der Waals surface area contributed by atoms with Crippen molar-refractivity contribution in [1.29, 1.82) is 0 Å². The molecule has 4 heterocycles. The van der Waals surface area contributed by atoms with Crippen molar-refractivity contribution in [1.82, 2.24) is 25.0 Å². The number of quaternary nitrogens is 1. The lowest BCUT2D eigenvalue weighted by molar-refractivity contribution is -0.915. The second kappa shape index (κ2) is 6.25. The van der Waals surface area contributed by atoms with Crippen LogP contribution in [0.2, 0.25) is 0 Å². The maximum absolute atomic E-state index is 4.69. The van der Waals surface area contributed by atoms with Gasteiger partial charge in [0.2, 0.25) is 0 Å². The predicted molar refractivity (Wildman–Crippen MR) is 95.7 cm³/mol. The second-order valence-electron chi connectivity index (χ2n) is 6.99. The monoisotopic (exact) mass is 346 g/mol. The van der Waals surface area contributed by atoms with Crippen LogP contribution in [0.3, 0.4) is 0 Å². The fourth-order valence-corrected chi connectivity index (χ4v) is 4.81. The molecule has 0 radical (unpaired) electrons. The van der Waals surface area contributed by atoms with Crippen molar-refractivity contribution in [2.75, 3.05) is 25.0 Å². The summed E-state index contributed by atoms with van der Waals surface area (Å²) in [5.41, 5.74) is 1.45. The van der Waals surface area contributed by atoms with Crippen molar-refractivity contribution in [3.8, 4) is 0 Å². The van der Waals surface area contributed by atoms with E-state index in [1.54, 1.807) is 9.42 Å². The lowest BCUT2D eigenvalue weighted by Gasteiger charge is -2.23. The number of hydrogen-bond acceptors (Lipinski definition) is 6. The third-order valence-electron chi connectivity index (χ3n) is 4.59. The fraction of sp³-hybridized carbons (Fsp3) is 0.625. The first-order valence-electron chi connectivity index (χ1n) is 8.77. The van der Waals surface area contributed by atoms with E-state index in [0.29, 0.717) is 11.7 Å². The van der Waals surface area contributed by atoms with Crippen molar-refractivity contribution < 1.29 is 4.90 Å². The Morgan fingerprint density at radius 3 is 3.04 bits per heavy atom. The van der Waals surface area contributed by atoms with Crippen molar-refractivity contribution in [2.24, 2.45) is 5.92 Å². The average Bonchev–Trinajstić information content (AvgIpc) is 3.16. The SMILES string of the molecule is CCC[NH+]1CCc2c(sc3c2c(NCC(C)C)nc2nnnn23)C1. The van der Waals surface area contributed by atoms with Crippen LogP contribution in [0.1, 0.15) is 37.6 Å². The van der Waals surface area contributed by atoms with Gasteiger partial charge in [0.15, 0.2) is 0 Å². The summed E-state index contributed by atoms with van der Waals surface area (Å²) in [7, 11) is 0. The van der Waals surface area contributed by atoms with Gasteiger partial charge >= 0.3 is 0 Å². The minimum absolute atomic E-state index is 0.563. The Labute approximate surface area is 145 Å². The van der Waals surface area contributed by atoms with Crippen molar-refractivity contribution in [3.05, 3.63) is 10.4 Å². The zero-order valence-electron chi connectivity index (χ0n) is 14.5. The highest BCUT2D eigenvalue weighted by atomic mass is 32.1. The number of aromatic nitrogens is 5. The first kappa shape index (κ1) is 15.7. The Hall–Kier alpha value is -1.80. The Balaban J connectivity index is 1.85. The first-order valence-corrected chi connectivity index (χ1v) is 9.58. The van der Waals surface area contributed by atoms with E-state index < -0.39 is 0 Å².